The van der Waals surface area contributed by atoms with Crippen molar-refractivity contribution in [3.63, 3.8) is 0 Å². The Morgan fingerprint density at radius 1 is 0.607 bits per heavy atom. The van der Waals surface area contributed by atoms with Gasteiger partial charge in [0.15, 0.2) is 0 Å². The molecule has 0 spiro atoms. The average molecular weight is 396 g/mol. The molecule has 0 saturated heterocycles. The fourth-order valence-corrected chi connectivity index (χ4v) is 2.67. The topological polar surface area (TPSA) is 0 Å². The highest BCUT2D eigenvalue weighted by Gasteiger charge is 2.38. The van der Waals surface area contributed by atoms with E-state index in [0.717, 1.165) is 11.1 Å². The molecule has 0 amide bonds. The summed E-state index contributed by atoms with van der Waals surface area (Å²) in [6.07, 6.45) is -5.17. The van der Waals surface area contributed by atoms with Crippen molar-refractivity contribution >= 4 is 0 Å². The van der Waals surface area contributed by atoms with Crippen LogP contribution in [0.4, 0.5) is 26.3 Å². The van der Waals surface area contributed by atoms with Gasteiger partial charge < -0.3 is 0 Å². The van der Waals surface area contributed by atoms with Crippen molar-refractivity contribution in [1.29, 1.82) is 0 Å². The second kappa shape index (κ2) is 8.50. The van der Waals surface area contributed by atoms with Crippen LogP contribution in [0.5, 0.6) is 0 Å². The van der Waals surface area contributed by atoms with E-state index in [1.165, 1.54) is 18.2 Å². The van der Waals surface area contributed by atoms with E-state index >= 15 is 0 Å². The standard InChI is InChI=1S/C20H12F6.C2H6/c1-11-2-4-12(5-3-11)13-6-7-15(16(21)8-13)14-9-17(22)19(18(23)10-14)20(24,25)26;1-2/h2-10H,1H3;1-2H3. The molecule has 0 fully saturated rings. The Kier molecular flexibility index (Phi) is 6.54. The minimum atomic E-state index is -5.17. The first-order valence-corrected chi connectivity index (χ1v) is 8.60. The van der Waals surface area contributed by atoms with Crippen molar-refractivity contribution in [2.75, 3.05) is 0 Å². The van der Waals surface area contributed by atoms with Crippen molar-refractivity contribution in [3.8, 4) is 22.3 Å². The molecule has 6 heteroatoms. The third-order valence-corrected chi connectivity index (χ3v) is 3.99. The molecule has 0 bridgehead atoms. The molecule has 0 aliphatic carbocycles. The summed E-state index contributed by atoms with van der Waals surface area (Å²) in [4.78, 5) is 0. The highest BCUT2D eigenvalue weighted by Crippen LogP contribution is 2.37. The lowest BCUT2D eigenvalue weighted by atomic mass is 9.98. The van der Waals surface area contributed by atoms with E-state index in [1.54, 1.807) is 12.1 Å². The fourth-order valence-electron chi connectivity index (χ4n) is 2.67. The van der Waals surface area contributed by atoms with Crippen LogP contribution in [0.15, 0.2) is 54.6 Å². The van der Waals surface area contributed by atoms with Gasteiger partial charge in [0.05, 0.1) is 0 Å². The Hall–Kier alpha value is -2.76. The van der Waals surface area contributed by atoms with Crippen LogP contribution in [0, 0.1) is 24.4 Å². The van der Waals surface area contributed by atoms with Gasteiger partial charge in [-0.1, -0.05) is 55.8 Å². The Morgan fingerprint density at radius 3 is 1.54 bits per heavy atom. The van der Waals surface area contributed by atoms with E-state index in [-0.39, 0.29) is 11.1 Å². The summed E-state index contributed by atoms with van der Waals surface area (Å²) in [5.41, 5.74) is -0.169. The quantitative estimate of drug-likeness (QED) is 0.388. The lowest BCUT2D eigenvalue weighted by Crippen LogP contribution is -2.11. The molecule has 3 rings (SSSR count). The summed E-state index contributed by atoms with van der Waals surface area (Å²) in [6.45, 7) is 5.90. The summed E-state index contributed by atoms with van der Waals surface area (Å²) in [6, 6.07) is 12.2. The first kappa shape index (κ1) is 21.5. The van der Waals surface area contributed by atoms with E-state index in [4.69, 9.17) is 0 Å². The SMILES string of the molecule is CC.Cc1ccc(-c2ccc(-c3cc(F)c(C(F)(F)F)c(F)c3)c(F)c2)cc1. The van der Waals surface area contributed by atoms with Gasteiger partial charge in [0.1, 0.15) is 23.0 Å². The second-order valence-electron chi connectivity index (χ2n) is 5.87. The van der Waals surface area contributed by atoms with Crippen molar-refractivity contribution in [3.05, 3.63) is 83.2 Å². The Bertz CT molecular complexity index is 933. The second-order valence-corrected chi connectivity index (χ2v) is 5.87. The van der Waals surface area contributed by atoms with Gasteiger partial charge in [-0.2, -0.15) is 13.2 Å². The van der Waals surface area contributed by atoms with Gasteiger partial charge in [-0.05, 0) is 41.8 Å². The third kappa shape index (κ3) is 4.55. The molecule has 0 heterocycles. The number of aryl methyl sites for hydroxylation is 1. The smallest absolute Gasteiger partial charge is 0.206 e. The monoisotopic (exact) mass is 396 g/mol. The molecular formula is C22H18F6. The van der Waals surface area contributed by atoms with Gasteiger partial charge in [0.2, 0.25) is 0 Å². The van der Waals surface area contributed by atoms with E-state index in [2.05, 4.69) is 0 Å². The molecule has 0 saturated carbocycles. The van der Waals surface area contributed by atoms with E-state index in [1.807, 2.05) is 32.9 Å². The normalized spacial score (nSPS) is 11.0. The summed E-state index contributed by atoms with van der Waals surface area (Å²) in [5.74, 6) is -4.36. The Balaban J connectivity index is 0.00000136. The van der Waals surface area contributed by atoms with Crippen molar-refractivity contribution in [2.24, 2.45) is 0 Å². The summed E-state index contributed by atoms with van der Waals surface area (Å²) in [7, 11) is 0. The van der Waals surface area contributed by atoms with Crippen molar-refractivity contribution in [1.82, 2.24) is 0 Å². The van der Waals surface area contributed by atoms with Crippen molar-refractivity contribution < 1.29 is 26.3 Å². The molecule has 148 valence electrons. The van der Waals surface area contributed by atoms with E-state index in [0.29, 0.717) is 17.7 Å². The number of rotatable bonds is 2. The van der Waals surface area contributed by atoms with Gasteiger partial charge >= 0.3 is 6.18 Å². The van der Waals surface area contributed by atoms with Crippen molar-refractivity contribution in [2.45, 2.75) is 26.9 Å². The minimum absolute atomic E-state index is 0.188. The highest BCUT2D eigenvalue weighted by molar-refractivity contribution is 5.71. The van der Waals surface area contributed by atoms with Crippen LogP contribution in [-0.2, 0) is 6.18 Å². The van der Waals surface area contributed by atoms with Crippen LogP contribution in [0.25, 0.3) is 22.3 Å². The summed E-state index contributed by atoms with van der Waals surface area (Å²) >= 11 is 0. The third-order valence-electron chi connectivity index (χ3n) is 3.99. The van der Waals surface area contributed by atoms with Gasteiger partial charge in [0.25, 0.3) is 0 Å². The fraction of sp³-hybridized carbons (Fsp3) is 0.182. The lowest BCUT2D eigenvalue weighted by Gasteiger charge is -2.12. The number of halogens is 6. The lowest BCUT2D eigenvalue weighted by molar-refractivity contribution is -0.142. The summed E-state index contributed by atoms with van der Waals surface area (Å²) in [5, 5.41) is 0. The molecule has 28 heavy (non-hydrogen) atoms. The number of hydrogen-bond acceptors (Lipinski definition) is 0. The maximum absolute atomic E-state index is 14.4. The first-order valence-electron chi connectivity index (χ1n) is 8.60. The van der Waals surface area contributed by atoms with Gasteiger partial charge in [-0.15, -0.1) is 0 Å². The molecule has 0 nitrogen and oxygen atoms in total. The van der Waals surface area contributed by atoms with Crippen LogP contribution in [0.1, 0.15) is 25.0 Å². The van der Waals surface area contributed by atoms with Crippen LogP contribution >= 0.6 is 0 Å². The Morgan fingerprint density at radius 2 is 1.07 bits per heavy atom. The number of alkyl halides is 3. The summed E-state index contributed by atoms with van der Waals surface area (Å²) < 4.78 is 79.8. The zero-order valence-electron chi connectivity index (χ0n) is 15.5. The van der Waals surface area contributed by atoms with Gasteiger partial charge in [-0.3, -0.25) is 0 Å². The molecule has 0 N–H and O–H groups in total. The Labute approximate surface area is 159 Å². The van der Waals surface area contributed by atoms with Gasteiger partial charge in [-0.25, -0.2) is 13.2 Å². The van der Waals surface area contributed by atoms with Crippen LogP contribution < -0.4 is 0 Å². The first-order chi connectivity index (χ1) is 13.2. The maximum atomic E-state index is 14.4. The molecule has 0 aromatic heterocycles. The molecule has 0 atom stereocenters. The molecular weight excluding hydrogens is 378 g/mol. The predicted octanol–water partition coefficient (Wildman–Crippen LogP) is 7.79. The number of hydrogen-bond donors (Lipinski definition) is 0. The van der Waals surface area contributed by atoms with Crippen LogP contribution in [0.3, 0.4) is 0 Å². The van der Waals surface area contributed by atoms with Gasteiger partial charge in [0, 0.05) is 5.56 Å². The highest BCUT2D eigenvalue weighted by atomic mass is 19.4. The van der Waals surface area contributed by atoms with E-state index in [9.17, 15) is 26.3 Å². The minimum Gasteiger partial charge on any atom is -0.206 e. The average Bonchev–Trinajstić information content (AvgIpc) is 2.62. The van der Waals surface area contributed by atoms with E-state index < -0.39 is 29.2 Å². The molecule has 3 aromatic carbocycles. The molecule has 0 aliphatic heterocycles. The number of benzene rings is 3. The molecule has 0 aliphatic rings. The zero-order chi connectivity index (χ0) is 21.1. The largest absolute Gasteiger partial charge is 0.422 e. The maximum Gasteiger partial charge on any atom is 0.422 e. The molecule has 0 radical (unpaired) electrons. The van der Waals surface area contributed by atoms with Crippen LogP contribution in [0.2, 0.25) is 0 Å². The zero-order valence-corrected chi connectivity index (χ0v) is 15.5. The van der Waals surface area contributed by atoms with Crippen LogP contribution in [-0.4, -0.2) is 0 Å². The molecule has 3 aromatic rings. The predicted molar refractivity (Wildman–Crippen MR) is 98.3 cm³/mol. The molecule has 0 unspecified atom stereocenters.